The largest absolute Gasteiger partial charge is 0.492 e. The van der Waals surface area contributed by atoms with Gasteiger partial charge in [0.05, 0.1) is 23.8 Å². The van der Waals surface area contributed by atoms with E-state index in [0.717, 1.165) is 23.7 Å². The Labute approximate surface area is 255 Å². The molecule has 3 aromatic carbocycles. The van der Waals surface area contributed by atoms with E-state index >= 15 is 0 Å². The molecule has 1 saturated heterocycles. The maximum absolute atomic E-state index is 13.6. The number of fused-ring (bicyclic) bond motifs is 1. The number of aromatic nitrogens is 2. The number of ketones is 1. The number of nitrogens with one attached hydrogen (secondary N) is 1. The van der Waals surface area contributed by atoms with Crippen LogP contribution in [0.15, 0.2) is 71.6 Å². The fourth-order valence-electron chi connectivity index (χ4n) is 4.73. The molecule has 0 atom stereocenters. The van der Waals surface area contributed by atoms with Gasteiger partial charge in [-0.25, -0.2) is 0 Å². The van der Waals surface area contributed by atoms with Crippen LogP contribution in [0.5, 0.6) is 5.75 Å². The molecule has 43 heavy (non-hydrogen) atoms. The van der Waals surface area contributed by atoms with Crippen LogP contribution in [0.25, 0.3) is 10.8 Å². The lowest BCUT2D eigenvalue weighted by Crippen LogP contribution is -2.38. The summed E-state index contributed by atoms with van der Waals surface area (Å²) in [5, 5.41) is 8.25. The van der Waals surface area contributed by atoms with Crippen molar-refractivity contribution in [1.82, 2.24) is 14.1 Å². The van der Waals surface area contributed by atoms with Crippen LogP contribution >= 0.6 is 11.6 Å². The van der Waals surface area contributed by atoms with Crippen LogP contribution in [0.4, 0.5) is 5.82 Å². The van der Waals surface area contributed by atoms with E-state index < -0.39 is 27.1 Å². The van der Waals surface area contributed by atoms with Crippen LogP contribution in [-0.2, 0) is 25.0 Å². The van der Waals surface area contributed by atoms with Crippen LogP contribution in [0.3, 0.4) is 0 Å². The zero-order valence-corrected chi connectivity index (χ0v) is 25.7. The predicted octanol–water partition coefficient (Wildman–Crippen LogP) is 4.76. The second-order valence-corrected chi connectivity index (χ2v) is 13.4. The predicted molar refractivity (Wildman–Crippen MR) is 165 cm³/mol. The van der Waals surface area contributed by atoms with Crippen LogP contribution in [0.2, 0.25) is 5.02 Å². The Kier molecular flexibility index (Phi) is 8.89. The number of carbonyl (C=O) groups excluding carboxylic acids is 2. The Morgan fingerprint density at radius 3 is 2.42 bits per heavy atom. The normalized spacial score (nSPS) is 14.5. The molecule has 0 spiro atoms. The average molecular weight is 625 g/mol. The number of Topliss-reactive ketones (excluding diaryl/α,β-unsaturated/α-hetero) is 1. The Morgan fingerprint density at radius 2 is 1.72 bits per heavy atom. The Hall–Kier alpha value is -3.77. The van der Waals surface area contributed by atoms with Crippen molar-refractivity contribution in [3.05, 3.63) is 83.0 Å². The van der Waals surface area contributed by atoms with Crippen LogP contribution in [0.1, 0.15) is 36.8 Å². The minimum Gasteiger partial charge on any atom is -0.492 e. The van der Waals surface area contributed by atoms with E-state index in [4.69, 9.17) is 21.1 Å². The second-order valence-electron chi connectivity index (χ2n) is 11.2. The number of anilines is 1. The zero-order chi connectivity index (χ0) is 30.8. The minimum atomic E-state index is -4.26. The third kappa shape index (κ3) is 6.75. The van der Waals surface area contributed by atoms with Crippen molar-refractivity contribution in [2.24, 2.45) is 0 Å². The number of ether oxygens (including phenoxy) is 2. The molecule has 0 saturated carbocycles. The van der Waals surface area contributed by atoms with Crippen molar-refractivity contribution in [3.8, 4) is 5.75 Å². The number of benzene rings is 3. The van der Waals surface area contributed by atoms with Crippen molar-refractivity contribution in [2.45, 2.75) is 31.1 Å². The summed E-state index contributed by atoms with van der Waals surface area (Å²) in [6.45, 7) is 9.88. The van der Waals surface area contributed by atoms with E-state index in [0.29, 0.717) is 42.0 Å². The molecular formula is C31H33ClN4O6S. The highest BCUT2D eigenvalue weighted by Gasteiger charge is 2.30. The summed E-state index contributed by atoms with van der Waals surface area (Å²) in [5.74, 6) is -1.40. The van der Waals surface area contributed by atoms with E-state index in [2.05, 4.69) is 15.3 Å². The molecule has 0 bridgehead atoms. The van der Waals surface area contributed by atoms with Gasteiger partial charge in [0.15, 0.2) is 0 Å². The molecule has 0 radical (unpaired) electrons. The van der Waals surface area contributed by atoms with Crippen LogP contribution < -0.4 is 10.1 Å². The van der Waals surface area contributed by atoms with Gasteiger partial charge in [0, 0.05) is 47.1 Å². The van der Waals surface area contributed by atoms with Gasteiger partial charge in [0.2, 0.25) is 0 Å². The standard InChI is InChI=1S/C31H33ClN4O6S/c1-31(2,3)27-20-28(36(34-27)43(39,40)22-8-6-7-21(32)19-22)33-30(38)29(37)25-11-12-26(24-10-5-4-9-23(24)25)42-18-15-35-13-16-41-17-14-35/h4-12,19-20H,13-18H2,1-3H3,(H,33,38). The van der Waals surface area contributed by atoms with Gasteiger partial charge in [0.1, 0.15) is 18.2 Å². The number of hydrogen-bond acceptors (Lipinski definition) is 8. The number of carbonyl (C=O) groups is 2. The lowest BCUT2D eigenvalue weighted by atomic mass is 9.92. The monoisotopic (exact) mass is 624 g/mol. The summed E-state index contributed by atoms with van der Waals surface area (Å²) in [7, 11) is -4.26. The fourth-order valence-corrected chi connectivity index (χ4v) is 6.26. The topological polar surface area (TPSA) is 120 Å². The molecule has 2 heterocycles. The van der Waals surface area contributed by atoms with Crippen molar-refractivity contribution in [3.63, 3.8) is 0 Å². The molecule has 5 rings (SSSR count). The number of hydrogen-bond donors (Lipinski definition) is 1. The zero-order valence-electron chi connectivity index (χ0n) is 24.2. The Morgan fingerprint density at radius 1 is 1.00 bits per heavy atom. The molecule has 1 aromatic heterocycles. The van der Waals surface area contributed by atoms with Gasteiger partial charge in [0.25, 0.3) is 21.7 Å². The molecule has 4 aromatic rings. The summed E-state index contributed by atoms with van der Waals surface area (Å²) in [5.41, 5.74) is 0.0187. The summed E-state index contributed by atoms with van der Waals surface area (Å²) >= 11 is 6.05. The SMILES string of the molecule is CC(C)(C)c1cc(NC(=O)C(=O)c2ccc(OCCN3CCOCC3)c3ccccc23)n(S(=O)(=O)c2cccc(Cl)c2)n1. The van der Waals surface area contributed by atoms with E-state index in [1.54, 1.807) is 30.3 Å². The third-order valence-corrected chi connectivity index (χ3v) is 8.93. The number of morpholine rings is 1. The summed E-state index contributed by atoms with van der Waals surface area (Å²) in [6.07, 6.45) is 0. The maximum Gasteiger partial charge on any atom is 0.297 e. The molecule has 1 N–H and O–H groups in total. The van der Waals surface area contributed by atoms with E-state index in [-0.39, 0.29) is 21.3 Å². The van der Waals surface area contributed by atoms with Gasteiger partial charge in [-0.05, 0) is 35.7 Å². The van der Waals surface area contributed by atoms with Crippen molar-refractivity contribution >= 4 is 49.9 Å². The summed E-state index contributed by atoms with van der Waals surface area (Å²) in [4.78, 5) is 29.0. The van der Waals surface area contributed by atoms with Crippen molar-refractivity contribution in [1.29, 1.82) is 0 Å². The molecule has 1 aliphatic rings. The minimum absolute atomic E-state index is 0.111. The summed E-state index contributed by atoms with van der Waals surface area (Å²) in [6, 6.07) is 17.6. The van der Waals surface area contributed by atoms with E-state index in [9.17, 15) is 18.0 Å². The van der Waals surface area contributed by atoms with Gasteiger partial charge < -0.3 is 14.8 Å². The second kappa shape index (κ2) is 12.5. The average Bonchev–Trinajstić information content (AvgIpc) is 3.43. The lowest BCUT2D eigenvalue weighted by Gasteiger charge is -2.26. The quantitative estimate of drug-likeness (QED) is 0.209. The number of nitrogens with zero attached hydrogens (tertiary/aromatic N) is 3. The smallest absolute Gasteiger partial charge is 0.297 e. The first-order valence-corrected chi connectivity index (χ1v) is 15.7. The first-order chi connectivity index (χ1) is 20.4. The summed E-state index contributed by atoms with van der Waals surface area (Å²) < 4.78 is 39.3. The Balaban J connectivity index is 1.41. The maximum atomic E-state index is 13.6. The van der Waals surface area contributed by atoms with Gasteiger partial charge in [-0.1, -0.05) is 62.7 Å². The number of amides is 1. The molecule has 10 nitrogen and oxygen atoms in total. The Bertz CT molecular complexity index is 1770. The molecule has 1 amide bonds. The van der Waals surface area contributed by atoms with E-state index in [1.165, 1.54) is 24.3 Å². The highest BCUT2D eigenvalue weighted by molar-refractivity contribution is 7.90. The fraction of sp³-hybridized carbons (Fsp3) is 0.323. The van der Waals surface area contributed by atoms with Crippen LogP contribution in [0, 0.1) is 0 Å². The lowest BCUT2D eigenvalue weighted by molar-refractivity contribution is -0.112. The first-order valence-electron chi connectivity index (χ1n) is 13.9. The molecule has 0 unspecified atom stereocenters. The number of halogens is 1. The molecule has 1 aliphatic heterocycles. The van der Waals surface area contributed by atoms with Gasteiger partial charge in [-0.3, -0.25) is 14.5 Å². The molecule has 12 heteroatoms. The molecule has 0 aliphatic carbocycles. The van der Waals surface area contributed by atoms with E-state index in [1.807, 2.05) is 32.9 Å². The molecular weight excluding hydrogens is 592 g/mol. The van der Waals surface area contributed by atoms with Gasteiger partial charge >= 0.3 is 0 Å². The van der Waals surface area contributed by atoms with Crippen LogP contribution in [-0.4, -0.2) is 73.6 Å². The van der Waals surface area contributed by atoms with Gasteiger partial charge in [-0.15, -0.1) is 4.09 Å². The van der Waals surface area contributed by atoms with Crippen molar-refractivity contribution in [2.75, 3.05) is 44.8 Å². The molecule has 1 fully saturated rings. The first kappa shape index (κ1) is 30.7. The number of rotatable bonds is 9. The highest BCUT2D eigenvalue weighted by Crippen LogP contribution is 2.31. The highest BCUT2D eigenvalue weighted by atomic mass is 35.5. The third-order valence-electron chi connectivity index (χ3n) is 7.11. The van der Waals surface area contributed by atoms with Crippen molar-refractivity contribution < 1.29 is 27.5 Å². The van der Waals surface area contributed by atoms with Gasteiger partial charge in [-0.2, -0.15) is 13.5 Å². The molecule has 226 valence electrons.